The summed E-state index contributed by atoms with van der Waals surface area (Å²) in [7, 11) is 0. The molecule has 1 aliphatic carbocycles. The molecule has 2 atom stereocenters. The van der Waals surface area contributed by atoms with E-state index < -0.39 is 24.1 Å². The van der Waals surface area contributed by atoms with Gasteiger partial charge in [0, 0.05) is 24.9 Å². The fraction of sp³-hybridized carbons (Fsp3) is 0.370. The highest BCUT2D eigenvalue weighted by molar-refractivity contribution is 5.86. The number of carbonyl (C=O) groups is 3. The summed E-state index contributed by atoms with van der Waals surface area (Å²) < 4.78 is 5.58. The van der Waals surface area contributed by atoms with Crippen LogP contribution in [-0.2, 0) is 14.3 Å². The molecule has 0 spiro atoms. The van der Waals surface area contributed by atoms with E-state index in [2.05, 4.69) is 29.3 Å². The first-order chi connectivity index (χ1) is 16.4. The number of benzene rings is 2. The van der Waals surface area contributed by atoms with Gasteiger partial charge in [0.05, 0.1) is 6.42 Å². The van der Waals surface area contributed by atoms with Gasteiger partial charge >= 0.3 is 12.1 Å². The second-order valence-corrected chi connectivity index (χ2v) is 8.22. The molecule has 0 fully saturated rings. The number of aliphatic carboxylic acids is 1. The molecule has 7 heteroatoms. The molecule has 34 heavy (non-hydrogen) atoms. The largest absolute Gasteiger partial charge is 0.481 e. The summed E-state index contributed by atoms with van der Waals surface area (Å²) in [6, 6.07) is 14.6. The van der Waals surface area contributed by atoms with Gasteiger partial charge in [0.1, 0.15) is 12.6 Å². The minimum absolute atomic E-state index is 0.0922. The number of nitrogens with zero attached hydrogens (tertiary/aromatic N) is 1. The average molecular weight is 463 g/mol. The van der Waals surface area contributed by atoms with Crippen molar-refractivity contribution in [2.45, 2.75) is 51.6 Å². The van der Waals surface area contributed by atoms with Crippen LogP contribution in [0.15, 0.2) is 48.5 Å². The second kappa shape index (κ2) is 11.4. The Morgan fingerprint density at radius 3 is 2.21 bits per heavy atom. The van der Waals surface area contributed by atoms with E-state index in [0.29, 0.717) is 6.54 Å². The molecule has 2 aromatic rings. The van der Waals surface area contributed by atoms with Gasteiger partial charge in [-0.15, -0.1) is 11.8 Å². The van der Waals surface area contributed by atoms with E-state index in [4.69, 9.17) is 9.84 Å². The Morgan fingerprint density at radius 1 is 1.09 bits per heavy atom. The van der Waals surface area contributed by atoms with Crippen LogP contribution in [0.4, 0.5) is 4.79 Å². The highest BCUT2D eigenvalue weighted by Crippen LogP contribution is 2.44. The first-order valence-corrected chi connectivity index (χ1v) is 11.4. The Labute approximate surface area is 200 Å². The molecule has 0 radical (unpaired) electrons. The number of carbonyl (C=O) groups excluding carboxylic acids is 2. The number of hydrogen-bond donors (Lipinski definition) is 2. The van der Waals surface area contributed by atoms with Gasteiger partial charge in [-0.1, -0.05) is 48.5 Å². The van der Waals surface area contributed by atoms with Crippen molar-refractivity contribution < 1.29 is 24.2 Å². The van der Waals surface area contributed by atoms with E-state index in [1.54, 1.807) is 20.8 Å². The normalized spacial score (nSPS) is 13.5. The molecule has 0 aromatic heterocycles. The van der Waals surface area contributed by atoms with Crippen molar-refractivity contribution in [2.24, 2.45) is 0 Å². The fourth-order valence-corrected chi connectivity index (χ4v) is 4.43. The number of amides is 2. The summed E-state index contributed by atoms with van der Waals surface area (Å²) in [6.45, 7) is 5.54. The van der Waals surface area contributed by atoms with Crippen LogP contribution in [0.1, 0.15) is 50.7 Å². The maximum absolute atomic E-state index is 13.1. The summed E-state index contributed by atoms with van der Waals surface area (Å²) in [5, 5.41) is 11.7. The summed E-state index contributed by atoms with van der Waals surface area (Å²) >= 11 is 0. The molecule has 0 saturated carbocycles. The fourth-order valence-electron chi connectivity index (χ4n) is 4.43. The summed E-state index contributed by atoms with van der Waals surface area (Å²) in [6.07, 6.45) is -0.785. The van der Waals surface area contributed by atoms with E-state index in [1.807, 2.05) is 36.4 Å². The highest BCUT2D eigenvalue weighted by Gasteiger charge is 2.31. The van der Waals surface area contributed by atoms with Crippen LogP contribution in [0.2, 0.25) is 0 Å². The zero-order valence-corrected chi connectivity index (χ0v) is 19.7. The van der Waals surface area contributed by atoms with Crippen molar-refractivity contribution in [2.75, 3.05) is 13.2 Å². The number of nitrogens with one attached hydrogen (secondary N) is 1. The van der Waals surface area contributed by atoms with Crippen molar-refractivity contribution in [3.63, 3.8) is 0 Å². The maximum Gasteiger partial charge on any atom is 0.407 e. The Hall–Kier alpha value is -3.79. The van der Waals surface area contributed by atoms with Crippen LogP contribution >= 0.6 is 0 Å². The first kappa shape index (κ1) is 24.8. The third-order valence-electron chi connectivity index (χ3n) is 6.04. The average Bonchev–Trinajstić information content (AvgIpc) is 3.14. The van der Waals surface area contributed by atoms with E-state index in [9.17, 15) is 14.4 Å². The second-order valence-electron chi connectivity index (χ2n) is 8.22. The Bertz CT molecular complexity index is 1070. The minimum Gasteiger partial charge on any atom is -0.481 e. The molecule has 2 amide bonds. The lowest BCUT2D eigenvalue weighted by Crippen LogP contribution is -2.51. The van der Waals surface area contributed by atoms with E-state index >= 15 is 0 Å². The number of alkyl carbamates (subject to hydrolysis) is 1. The standard InChI is InChI=1S/C27H30N2O5/c1-4-6-15-24(26(32)29(5-2)18(3)16-25(30)31)28-27(33)34-17-23-21-13-9-7-11-19(21)20-12-8-10-14-22(20)23/h7-14,18,23-24H,5,15-17H2,1-3H3,(H,28,33)(H,30,31). The number of fused-ring (bicyclic) bond motifs is 3. The van der Waals surface area contributed by atoms with E-state index in [1.165, 1.54) is 4.90 Å². The van der Waals surface area contributed by atoms with Crippen LogP contribution in [0, 0.1) is 11.8 Å². The van der Waals surface area contributed by atoms with E-state index in [0.717, 1.165) is 22.3 Å². The van der Waals surface area contributed by atoms with Crippen molar-refractivity contribution in [1.29, 1.82) is 0 Å². The lowest BCUT2D eigenvalue weighted by atomic mass is 9.98. The SMILES string of the molecule is CC#CCC(NC(=O)OCC1c2ccccc2-c2ccccc21)C(=O)N(CC)C(C)CC(=O)O. The molecular formula is C27H30N2O5. The van der Waals surface area contributed by atoms with Crippen molar-refractivity contribution >= 4 is 18.0 Å². The van der Waals surface area contributed by atoms with Crippen LogP contribution in [-0.4, -0.2) is 53.2 Å². The Balaban J connectivity index is 1.70. The summed E-state index contributed by atoms with van der Waals surface area (Å²) in [4.78, 5) is 38.4. The van der Waals surface area contributed by atoms with Crippen LogP contribution in [0.5, 0.6) is 0 Å². The van der Waals surface area contributed by atoms with Crippen molar-refractivity contribution in [3.05, 3.63) is 59.7 Å². The monoisotopic (exact) mass is 462 g/mol. The highest BCUT2D eigenvalue weighted by atomic mass is 16.5. The van der Waals surface area contributed by atoms with Crippen LogP contribution in [0.3, 0.4) is 0 Å². The summed E-state index contributed by atoms with van der Waals surface area (Å²) in [5.41, 5.74) is 4.45. The third kappa shape index (κ3) is 5.57. The van der Waals surface area contributed by atoms with Gasteiger partial charge in [0.15, 0.2) is 0 Å². The molecule has 0 aliphatic heterocycles. The van der Waals surface area contributed by atoms with Crippen molar-refractivity contribution in [3.8, 4) is 23.0 Å². The number of carboxylic acids is 1. The predicted octanol–water partition coefficient (Wildman–Crippen LogP) is 4.02. The molecule has 2 unspecified atom stereocenters. The minimum atomic E-state index is -0.992. The van der Waals surface area contributed by atoms with Gasteiger partial charge in [-0.2, -0.15) is 0 Å². The molecule has 2 aromatic carbocycles. The van der Waals surface area contributed by atoms with Gasteiger partial charge in [0.25, 0.3) is 0 Å². The molecular weight excluding hydrogens is 432 g/mol. The molecule has 178 valence electrons. The first-order valence-electron chi connectivity index (χ1n) is 11.4. The molecule has 0 saturated heterocycles. The van der Waals surface area contributed by atoms with Crippen molar-refractivity contribution in [1.82, 2.24) is 10.2 Å². The zero-order valence-electron chi connectivity index (χ0n) is 19.7. The van der Waals surface area contributed by atoms with Gasteiger partial charge < -0.3 is 20.1 Å². The number of hydrogen-bond acceptors (Lipinski definition) is 4. The van der Waals surface area contributed by atoms with Gasteiger partial charge in [-0.05, 0) is 43.0 Å². The topological polar surface area (TPSA) is 95.9 Å². The number of rotatable bonds is 9. The Morgan fingerprint density at radius 2 is 1.68 bits per heavy atom. The molecule has 7 nitrogen and oxygen atoms in total. The quantitative estimate of drug-likeness (QED) is 0.549. The lowest BCUT2D eigenvalue weighted by molar-refractivity contribution is -0.141. The lowest BCUT2D eigenvalue weighted by Gasteiger charge is -2.30. The van der Waals surface area contributed by atoms with Gasteiger partial charge in [0.2, 0.25) is 5.91 Å². The molecule has 3 rings (SSSR count). The number of carboxylic acid groups (broad SMARTS) is 1. The number of likely N-dealkylation sites (N-methyl/N-ethyl adjacent to an activating group) is 1. The summed E-state index contributed by atoms with van der Waals surface area (Å²) in [5.74, 6) is 4.10. The molecule has 0 heterocycles. The van der Waals surface area contributed by atoms with Crippen LogP contribution < -0.4 is 5.32 Å². The van der Waals surface area contributed by atoms with E-state index in [-0.39, 0.29) is 31.3 Å². The molecule has 2 N–H and O–H groups in total. The Kier molecular flexibility index (Phi) is 8.31. The maximum atomic E-state index is 13.1. The zero-order chi connectivity index (χ0) is 24.7. The predicted molar refractivity (Wildman–Crippen MR) is 129 cm³/mol. The van der Waals surface area contributed by atoms with Crippen LogP contribution in [0.25, 0.3) is 11.1 Å². The molecule has 1 aliphatic rings. The van der Waals surface area contributed by atoms with Gasteiger partial charge in [-0.25, -0.2) is 4.79 Å². The smallest absolute Gasteiger partial charge is 0.407 e. The molecule has 0 bridgehead atoms. The number of ether oxygens (including phenoxy) is 1. The third-order valence-corrected chi connectivity index (χ3v) is 6.04. The van der Waals surface area contributed by atoms with Gasteiger partial charge in [-0.3, -0.25) is 9.59 Å².